The molecule has 11 heteroatoms. The van der Waals surface area contributed by atoms with E-state index in [1.807, 2.05) is 6.07 Å². The van der Waals surface area contributed by atoms with Gasteiger partial charge in [0.05, 0.1) is 23.6 Å². The summed E-state index contributed by atoms with van der Waals surface area (Å²) in [5, 5.41) is 6.28. The molecule has 3 aromatic rings. The topological polar surface area (TPSA) is 135 Å². The fourth-order valence-electron chi connectivity index (χ4n) is 4.24. The van der Waals surface area contributed by atoms with Crippen molar-refractivity contribution in [2.75, 3.05) is 10.6 Å². The van der Waals surface area contributed by atoms with Crippen molar-refractivity contribution in [3.05, 3.63) is 47.5 Å². The van der Waals surface area contributed by atoms with Crippen LogP contribution in [0.3, 0.4) is 0 Å². The number of halogens is 1. The van der Waals surface area contributed by atoms with Crippen LogP contribution in [0.25, 0.3) is 10.9 Å². The van der Waals surface area contributed by atoms with Crippen molar-refractivity contribution in [3.63, 3.8) is 0 Å². The Morgan fingerprint density at radius 3 is 2.71 bits per heavy atom. The number of carbonyl (C=O) groups is 3. The van der Waals surface area contributed by atoms with Gasteiger partial charge in [0.25, 0.3) is 0 Å². The van der Waals surface area contributed by atoms with Crippen LogP contribution in [0.15, 0.2) is 47.5 Å². The van der Waals surface area contributed by atoms with Gasteiger partial charge in [0.2, 0.25) is 5.91 Å². The summed E-state index contributed by atoms with van der Waals surface area (Å²) < 4.78 is 1.78. The second-order valence-electron chi connectivity index (χ2n) is 7.64. The summed E-state index contributed by atoms with van der Waals surface area (Å²) in [7, 11) is 0. The molecule has 2 fully saturated rings. The Morgan fingerprint density at radius 1 is 1.13 bits per heavy atom. The number of carbonyl (C=O) groups excluding carboxylic acids is 3. The van der Waals surface area contributed by atoms with Gasteiger partial charge < -0.3 is 21.3 Å². The highest BCUT2D eigenvalue weighted by atomic mass is 79.9. The van der Waals surface area contributed by atoms with Gasteiger partial charge in [-0.3, -0.25) is 14.3 Å². The summed E-state index contributed by atoms with van der Waals surface area (Å²) in [5.74, 6) is 0.307. The second-order valence-corrected chi connectivity index (χ2v) is 8.45. The fraction of sp³-hybridized carbons (Fsp3) is 0.250. The molecule has 4 N–H and O–H groups in total. The summed E-state index contributed by atoms with van der Waals surface area (Å²) in [6.07, 6.45) is 5.92. The molecular formula is C20H18BrN7O3. The molecule has 31 heavy (non-hydrogen) atoms. The molecule has 1 aromatic carbocycles. The van der Waals surface area contributed by atoms with E-state index in [1.165, 1.54) is 23.2 Å². The number of aromatic nitrogens is 3. The number of hydrogen-bond acceptors (Lipinski definition) is 5. The Morgan fingerprint density at radius 2 is 1.94 bits per heavy atom. The van der Waals surface area contributed by atoms with E-state index in [2.05, 4.69) is 36.5 Å². The summed E-state index contributed by atoms with van der Waals surface area (Å²) in [4.78, 5) is 47.6. The van der Waals surface area contributed by atoms with Gasteiger partial charge in [-0.2, -0.15) is 0 Å². The number of nitrogens with zero attached hydrogens (tertiary/aromatic N) is 4. The molecule has 4 amide bonds. The molecular weight excluding hydrogens is 466 g/mol. The van der Waals surface area contributed by atoms with Crippen LogP contribution in [0.1, 0.15) is 12.8 Å². The van der Waals surface area contributed by atoms with Crippen LogP contribution in [0.2, 0.25) is 0 Å². The minimum atomic E-state index is -0.646. The third kappa shape index (κ3) is 3.50. The van der Waals surface area contributed by atoms with Gasteiger partial charge in [0, 0.05) is 17.6 Å². The van der Waals surface area contributed by atoms with Gasteiger partial charge in [-0.15, -0.1) is 0 Å². The van der Waals surface area contributed by atoms with Crippen LogP contribution in [0.5, 0.6) is 0 Å². The molecule has 158 valence electrons. The maximum absolute atomic E-state index is 13.2. The highest BCUT2D eigenvalue weighted by Crippen LogP contribution is 2.48. The average molecular weight is 484 g/mol. The first-order chi connectivity index (χ1) is 14.9. The number of hydrogen-bond donors (Lipinski definition) is 3. The Kier molecular flexibility index (Phi) is 4.62. The molecule has 0 unspecified atom stereocenters. The van der Waals surface area contributed by atoms with Crippen molar-refractivity contribution in [1.29, 1.82) is 0 Å². The molecule has 1 saturated carbocycles. The van der Waals surface area contributed by atoms with Gasteiger partial charge in [-0.1, -0.05) is 18.2 Å². The van der Waals surface area contributed by atoms with Crippen molar-refractivity contribution in [2.24, 2.45) is 11.7 Å². The van der Waals surface area contributed by atoms with Crippen LogP contribution in [-0.2, 0) is 4.79 Å². The first-order valence-electron chi connectivity index (χ1n) is 9.70. The van der Waals surface area contributed by atoms with E-state index >= 15 is 0 Å². The zero-order valence-electron chi connectivity index (χ0n) is 16.2. The van der Waals surface area contributed by atoms with E-state index in [-0.39, 0.29) is 11.9 Å². The third-order valence-corrected chi connectivity index (χ3v) is 6.07. The number of anilines is 2. The maximum Gasteiger partial charge on any atom is 0.323 e. The molecule has 2 aromatic heterocycles. The van der Waals surface area contributed by atoms with Crippen LogP contribution in [-0.4, -0.2) is 49.5 Å². The molecule has 10 nitrogen and oxygen atoms in total. The number of urea groups is 1. The van der Waals surface area contributed by atoms with E-state index < -0.39 is 18.1 Å². The maximum atomic E-state index is 13.2. The van der Waals surface area contributed by atoms with E-state index in [9.17, 15) is 14.4 Å². The highest BCUT2D eigenvalue weighted by Gasteiger charge is 2.56. The monoisotopic (exact) mass is 483 g/mol. The Balaban J connectivity index is 1.38. The number of nitrogens with one attached hydrogen (secondary N) is 2. The van der Waals surface area contributed by atoms with Crippen LogP contribution >= 0.6 is 15.9 Å². The lowest BCUT2D eigenvalue weighted by atomic mass is 10.1. The molecule has 5 rings (SSSR count). The number of amides is 4. The predicted octanol–water partition coefficient (Wildman–Crippen LogP) is 2.75. The van der Waals surface area contributed by atoms with Gasteiger partial charge in [-0.05, 0) is 40.8 Å². The second kappa shape index (κ2) is 7.34. The lowest BCUT2D eigenvalue weighted by Crippen LogP contribution is -2.47. The normalized spacial score (nSPS) is 21.6. The number of nitrogens with two attached hydrogens (primary N) is 1. The molecule has 1 aliphatic carbocycles. The predicted molar refractivity (Wildman–Crippen MR) is 116 cm³/mol. The molecule has 1 saturated heterocycles. The SMILES string of the molecule is NC(=O)n1cc(NC(=O)N2[C@H](C(=O)Nc3cncc(Br)n3)C[C@@H]3C[C@@H]32)c2ccccc21. The summed E-state index contributed by atoms with van der Waals surface area (Å²) in [5.41, 5.74) is 6.51. The smallest absolute Gasteiger partial charge is 0.323 e. The summed E-state index contributed by atoms with van der Waals surface area (Å²) >= 11 is 3.22. The number of rotatable bonds is 3. The van der Waals surface area contributed by atoms with Crippen LogP contribution in [0, 0.1) is 5.92 Å². The van der Waals surface area contributed by atoms with Gasteiger partial charge in [-0.25, -0.2) is 14.6 Å². The minimum Gasteiger partial charge on any atom is -0.351 e. The Bertz CT molecular complexity index is 1230. The average Bonchev–Trinajstić information content (AvgIpc) is 3.24. The fourth-order valence-corrected chi connectivity index (χ4v) is 4.55. The van der Waals surface area contributed by atoms with Crippen molar-refractivity contribution in [3.8, 4) is 0 Å². The molecule has 0 bridgehead atoms. The molecule has 3 atom stereocenters. The number of primary amides is 1. The summed E-state index contributed by atoms with van der Waals surface area (Å²) in [6.45, 7) is 0. The Hall–Kier alpha value is -3.47. The molecule has 0 radical (unpaired) electrons. The number of para-hydroxylation sites is 1. The van der Waals surface area contributed by atoms with Crippen LogP contribution < -0.4 is 16.4 Å². The standard InChI is InChI=1S/C20H18BrN7O3/c21-16-7-23-8-17(25-16)26-18(29)15-6-10-5-14(10)28(15)20(31)24-12-9-27(19(22)30)13-4-2-1-3-11(12)13/h1-4,7-10,14-15H,5-6H2,(H2,22,30)(H,24,31)(H,25,26,29)/t10-,14-,15-/m0/s1. The zero-order chi connectivity index (χ0) is 21.7. The van der Waals surface area contributed by atoms with Crippen molar-refractivity contribution in [1.82, 2.24) is 19.4 Å². The Labute approximate surface area is 184 Å². The van der Waals surface area contributed by atoms with Crippen LogP contribution in [0.4, 0.5) is 21.1 Å². The number of piperidine rings is 1. The number of benzene rings is 1. The lowest BCUT2D eigenvalue weighted by Gasteiger charge is -2.26. The van der Waals surface area contributed by atoms with E-state index in [4.69, 9.17) is 5.73 Å². The minimum absolute atomic E-state index is 0.0221. The van der Waals surface area contributed by atoms with Gasteiger partial charge in [0.15, 0.2) is 5.82 Å². The van der Waals surface area contributed by atoms with Crippen molar-refractivity contribution in [2.45, 2.75) is 24.9 Å². The summed E-state index contributed by atoms with van der Waals surface area (Å²) in [6, 6.07) is 5.51. The van der Waals surface area contributed by atoms with Gasteiger partial charge >= 0.3 is 12.1 Å². The molecule has 2 aliphatic rings. The molecule has 0 spiro atoms. The number of fused-ring (bicyclic) bond motifs is 2. The van der Waals surface area contributed by atoms with Crippen molar-refractivity contribution < 1.29 is 14.4 Å². The molecule has 3 heterocycles. The zero-order valence-corrected chi connectivity index (χ0v) is 17.7. The molecule has 1 aliphatic heterocycles. The van der Waals surface area contributed by atoms with Crippen molar-refractivity contribution >= 4 is 56.3 Å². The quantitative estimate of drug-likeness (QED) is 0.526. The first-order valence-corrected chi connectivity index (χ1v) is 10.5. The lowest BCUT2D eigenvalue weighted by molar-refractivity contribution is -0.120. The van der Waals surface area contributed by atoms with E-state index in [0.29, 0.717) is 39.4 Å². The number of likely N-dealkylation sites (tertiary alicyclic amines) is 1. The van der Waals surface area contributed by atoms with E-state index in [1.54, 1.807) is 23.1 Å². The highest BCUT2D eigenvalue weighted by molar-refractivity contribution is 9.10. The first kappa shape index (κ1) is 19.5. The van der Waals surface area contributed by atoms with E-state index in [0.717, 1.165) is 6.42 Å². The largest absolute Gasteiger partial charge is 0.351 e. The third-order valence-electron chi connectivity index (χ3n) is 5.69. The van der Waals surface area contributed by atoms with Gasteiger partial charge in [0.1, 0.15) is 10.6 Å².